The number of anilines is 2. The van der Waals surface area contributed by atoms with Gasteiger partial charge in [0.2, 0.25) is 15.9 Å². The van der Waals surface area contributed by atoms with Gasteiger partial charge in [0.25, 0.3) is 10.0 Å². The molecule has 1 heterocycles. The van der Waals surface area contributed by atoms with Crippen molar-refractivity contribution in [1.82, 2.24) is 0 Å². The van der Waals surface area contributed by atoms with Crippen LogP contribution >= 0.6 is 0 Å². The molecule has 0 aromatic heterocycles. The van der Waals surface area contributed by atoms with Crippen LogP contribution in [0.5, 0.6) is 0 Å². The van der Waals surface area contributed by atoms with Gasteiger partial charge in [0.05, 0.1) is 22.0 Å². The number of rotatable bonds is 4. The van der Waals surface area contributed by atoms with Gasteiger partial charge in [-0.15, -0.1) is 0 Å². The van der Waals surface area contributed by atoms with Crippen LogP contribution in [0.25, 0.3) is 0 Å². The van der Waals surface area contributed by atoms with Crippen molar-refractivity contribution < 1.29 is 30.4 Å². The van der Waals surface area contributed by atoms with E-state index < -0.39 is 43.3 Å². The first-order valence-corrected chi connectivity index (χ1v) is 10.3. The number of sulfonamides is 2. The van der Waals surface area contributed by atoms with Gasteiger partial charge in [0, 0.05) is 12.5 Å². The van der Waals surface area contributed by atoms with E-state index in [-0.39, 0.29) is 22.8 Å². The first-order chi connectivity index (χ1) is 12.1. The molecule has 26 heavy (non-hydrogen) atoms. The Morgan fingerprint density at radius 2 is 1.69 bits per heavy atom. The molecule has 0 bridgehead atoms. The summed E-state index contributed by atoms with van der Waals surface area (Å²) in [7, 11) is -7.96. The molecule has 0 radical (unpaired) electrons. The van der Waals surface area contributed by atoms with E-state index in [9.17, 15) is 30.4 Å². The highest BCUT2D eigenvalue weighted by atomic mass is 32.2. The fourth-order valence-electron chi connectivity index (χ4n) is 2.41. The average Bonchev–Trinajstić information content (AvgIpc) is 2.83. The number of carbonyl (C=O) groups excluding carboxylic acids is 1. The molecule has 1 aliphatic rings. The zero-order valence-electron chi connectivity index (χ0n) is 13.0. The largest absolute Gasteiger partial charge is 0.277 e. The number of hydrogen-bond donors (Lipinski definition) is 1. The van der Waals surface area contributed by atoms with E-state index in [1.807, 2.05) is 4.72 Å². The summed E-state index contributed by atoms with van der Waals surface area (Å²) in [6, 6.07) is 6.86. The maximum absolute atomic E-state index is 13.6. The average molecular weight is 402 g/mol. The van der Waals surface area contributed by atoms with Crippen LogP contribution < -0.4 is 9.03 Å². The number of nitrogens with zero attached hydrogens (tertiary/aromatic N) is 1. The van der Waals surface area contributed by atoms with Crippen molar-refractivity contribution in [1.29, 1.82) is 0 Å². The van der Waals surface area contributed by atoms with E-state index in [0.717, 1.165) is 36.4 Å². The molecule has 2 aromatic carbocycles. The molecule has 138 valence electrons. The third-order valence-corrected chi connectivity index (χ3v) is 6.71. The van der Waals surface area contributed by atoms with Crippen molar-refractivity contribution >= 4 is 37.3 Å². The molecule has 1 amide bonds. The summed E-state index contributed by atoms with van der Waals surface area (Å²) in [4.78, 5) is 11.4. The fourth-order valence-corrected chi connectivity index (χ4v) is 4.93. The highest BCUT2D eigenvalue weighted by molar-refractivity contribution is 7.94. The van der Waals surface area contributed by atoms with Gasteiger partial charge in [-0.25, -0.2) is 29.9 Å². The van der Waals surface area contributed by atoms with Gasteiger partial charge < -0.3 is 0 Å². The predicted molar refractivity (Wildman–Crippen MR) is 89.5 cm³/mol. The second kappa shape index (κ2) is 6.32. The Morgan fingerprint density at radius 1 is 1.04 bits per heavy atom. The lowest BCUT2D eigenvalue weighted by Gasteiger charge is -2.15. The van der Waals surface area contributed by atoms with Gasteiger partial charge in [-0.2, -0.15) is 0 Å². The maximum Gasteiger partial charge on any atom is 0.261 e. The second-order valence-corrected chi connectivity index (χ2v) is 9.07. The fraction of sp³-hybridized carbons (Fsp3) is 0.133. The summed E-state index contributed by atoms with van der Waals surface area (Å²) in [6.45, 7) is 0. The second-order valence-electron chi connectivity index (χ2n) is 5.45. The Bertz CT molecular complexity index is 1080. The molecule has 1 saturated heterocycles. The molecule has 0 unspecified atom stereocenters. The summed E-state index contributed by atoms with van der Waals surface area (Å²) in [5.41, 5.74) is -0.424. The first-order valence-electron chi connectivity index (χ1n) is 7.24. The smallest absolute Gasteiger partial charge is 0.261 e. The van der Waals surface area contributed by atoms with Crippen molar-refractivity contribution in [3.63, 3.8) is 0 Å². The van der Waals surface area contributed by atoms with Crippen molar-refractivity contribution in [2.75, 3.05) is 14.8 Å². The zero-order chi connectivity index (χ0) is 19.1. The lowest BCUT2D eigenvalue weighted by molar-refractivity contribution is -0.116. The number of halogens is 2. The molecule has 0 atom stereocenters. The molecule has 1 N–H and O–H groups in total. The molecule has 1 aliphatic heterocycles. The van der Waals surface area contributed by atoms with Crippen LogP contribution in [0.1, 0.15) is 6.42 Å². The summed E-state index contributed by atoms with van der Waals surface area (Å²) < 4.78 is 77.4. The number of carbonyl (C=O) groups is 1. The molecule has 11 heteroatoms. The van der Waals surface area contributed by atoms with Crippen LogP contribution in [0, 0.1) is 11.6 Å². The number of amides is 1. The molecule has 0 aliphatic carbocycles. The number of nitrogens with one attached hydrogen (secondary N) is 1. The molecule has 0 saturated carbocycles. The summed E-state index contributed by atoms with van der Waals surface area (Å²) in [6.07, 6.45) is -0.145. The SMILES string of the molecule is O=C1CCS(=O)(=O)N1c1ccc(S(=O)(=O)Nc2ccc(F)cc2F)cc1. The van der Waals surface area contributed by atoms with E-state index >= 15 is 0 Å². The van der Waals surface area contributed by atoms with Gasteiger partial charge in [-0.05, 0) is 36.4 Å². The van der Waals surface area contributed by atoms with E-state index in [2.05, 4.69) is 0 Å². The minimum absolute atomic E-state index is 0.0133. The van der Waals surface area contributed by atoms with Crippen LogP contribution in [-0.2, 0) is 24.8 Å². The van der Waals surface area contributed by atoms with Crippen LogP contribution in [0.3, 0.4) is 0 Å². The van der Waals surface area contributed by atoms with Crippen molar-refractivity contribution in [2.24, 2.45) is 0 Å². The molecular weight excluding hydrogens is 390 g/mol. The quantitative estimate of drug-likeness (QED) is 0.841. The monoisotopic (exact) mass is 402 g/mol. The van der Waals surface area contributed by atoms with Crippen molar-refractivity contribution in [3.8, 4) is 0 Å². The van der Waals surface area contributed by atoms with E-state index in [4.69, 9.17) is 0 Å². The van der Waals surface area contributed by atoms with Crippen molar-refractivity contribution in [3.05, 3.63) is 54.1 Å². The lowest BCUT2D eigenvalue weighted by atomic mass is 10.3. The van der Waals surface area contributed by atoms with Crippen molar-refractivity contribution in [2.45, 2.75) is 11.3 Å². The minimum atomic E-state index is -4.20. The zero-order valence-corrected chi connectivity index (χ0v) is 14.6. The summed E-state index contributed by atoms with van der Waals surface area (Å²) in [5.74, 6) is -2.85. The number of hydrogen-bond acceptors (Lipinski definition) is 5. The highest BCUT2D eigenvalue weighted by Crippen LogP contribution is 2.27. The Kier molecular flexibility index (Phi) is 4.44. The Morgan fingerprint density at radius 3 is 2.23 bits per heavy atom. The first kappa shape index (κ1) is 18.3. The van der Waals surface area contributed by atoms with Crippen LogP contribution in [-0.4, -0.2) is 28.5 Å². The van der Waals surface area contributed by atoms with Gasteiger partial charge in [-0.1, -0.05) is 0 Å². The summed E-state index contributed by atoms with van der Waals surface area (Å²) >= 11 is 0. The molecule has 2 aromatic rings. The standard InChI is InChI=1S/C15H12F2N2O5S2/c16-10-1-6-14(13(17)9-10)18-26(23,24)12-4-2-11(3-5-12)19-15(20)7-8-25(19,21)22/h1-6,9,18H,7-8H2. The van der Waals surface area contributed by atoms with Crippen LogP contribution in [0.4, 0.5) is 20.2 Å². The van der Waals surface area contributed by atoms with E-state index in [0.29, 0.717) is 10.4 Å². The Hall–Kier alpha value is -2.53. The maximum atomic E-state index is 13.6. The molecular formula is C15H12F2N2O5S2. The number of benzene rings is 2. The third-order valence-electron chi connectivity index (χ3n) is 3.64. The van der Waals surface area contributed by atoms with Gasteiger partial charge >= 0.3 is 0 Å². The van der Waals surface area contributed by atoms with Crippen LogP contribution in [0.2, 0.25) is 0 Å². The van der Waals surface area contributed by atoms with Gasteiger partial charge in [-0.3, -0.25) is 9.52 Å². The topological polar surface area (TPSA) is 101 Å². The lowest BCUT2D eigenvalue weighted by Crippen LogP contribution is -2.29. The van der Waals surface area contributed by atoms with Gasteiger partial charge in [0.15, 0.2) is 0 Å². The normalized spacial score (nSPS) is 16.7. The third kappa shape index (κ3) is 3.40. The highest BCUT2D eigenvalue weighted by Gasteiger charge is 2.36. The predicted octanol–water partition coefficient (Wildman–Crippen LogP) is 1.83. The Balaban J connectivity index is 1.89. The van der Waals surface area contributed by atoms with E-state index in [1.165, 1.54) is 0 Å². The molecule has 3 rings (SSSR count). The molecule has 0 spiro atoms. The van der Waals surface area contributed by atoms with Gasteiger partial charge in [0.1, 0.15) is 11.6 Å². The van der Waals surface area contributed by atoms with E-state index in [1.54, 1.807) is 0 Å². The van der Waals surface area contributed by atoms with Crippen LogP contribution in [0.15, 0.2) is 47.4 Å². The molecule has 7 nitrogen and oxygen atoms in total. The summed E-state index contributed by atoms with van der Waals surface area (Å²) in [5, 5.41) is 0. The minimum Gasteiger partial charge on any atom is -0.277 e. The molecule has 1 fully saturated rings. The Labute approximate surface area is 148 Å².